The minimum Gasteiger partial charge on any atom is -0.381 e. The van der Waals surface area contributed by atoms with E-state index >= 15 is 0 Å². The van der Waals surface area contributed by atoms with Gasteiger partial charge in [-0.1, -0.05) is 13.8 Å². The van der Waals surface area contributed by atoms with E-state index in [1.807, 2.05) is 13.8 Å². The number of carbonyl (C=O) groups excluding carboxylic acids is 1. The highest BCUT2D eigenvalue weighted by Gasteiger charge is 2.35. The van der Waals surface area contributed by atoms with E-state index in [0.29, 0.717) is 56.3 Å². The van der Waals surface area contributed by atoms with Gasteiger partial charge in [0.15, 0.2) is 0 Å². The molecule has 0 radical (unpaired) electrons. The molecule has 3 N–H and O–H groups in total. The summed E-state index contributed by atoms with van der Waals surface area (Å²) in [6, 6.07) is 3.44. The van der Waals surface area contributed by atoms with Crippen molar-refractivity contribution in [2.45, 2.75) is 42.9 Å². The fraction of sp³-hybridized carbons (Fsp3) is 0.688. The number of nitrogens with zero attached hydrogens (tertiary/aromatic N) is 1. The molecule has 0 aromatic carbocycles. The summed E-state index contributed by atoms with van der Waals surface area (Å²) >= 11 is 1.25. The molecule has 1 saturated heterocycles. The SMILES string of the molecule is CCN(CC)S(=O)(=O)c1ccc(CCNC(=O)C2(N)CCOCC2)s1. The van der Waals surface area contributed by atoms with Crippen molar-refractivity contribution in [1.82, 2.24) is 9.62 Å². The molecule has 2 rings (SSSR count). The Hall–Kier alpha value is -1.00. The van der Waals surface area contributed by atoms with Crippen LogP contribution in [0.25, 0.3) is 0 Å². The highest BCUT2D eigenvalue weighted by atomic mass is 32.2. The van der Waals surface area contributed by atoms with Crippen LogP contribution in [0.2, 0.25) is 0 Å². The van der Waals surface area contributed by atoms with Crippen LogP contribution in [0.3, 0.4) is 0 Å². The van der Waals surface area contributed by atoms with E-state index in [1.165, 1.54) is 15.6 Å². The lowest BCUT2D eigenvalue weighted by Crippen LogP contribution is -2.57. The molecule has 0 unspecified atom stereocenters. The summed E-state index contributed by atoms with van der Waals surface area (Å²) in [5.74, 6) is -0.164. The molecular formula is C16H27N3O4S2. The molecule has 1 aromatic heterocycles. The van der Waals surface area contributed by atoms with Gasteiger partial charge in [0.1, 0.15) is 4.21 Å². The standard InChI is InChI=1S/C16H27N3O4S2/c1-3-19(4-2)25(21,22)14-6-5-13(24-14)7-10-18-15(20)16(17)8-11-23-12-9-16/h5-6H,3-4,7-12,17H2,1-2H3,(H,18,20). The van der Waals surface area contributed by atoms with Crippen molar-refractivity contribution in [2.24, 2.45) is 5.73 Å². The molecule has 1 aliphatic heterocycles. The highest BCUT2D eigenvalue weighted by Crippen LogP contribution is 2.25. The molecule has 0 spiro atoms. The van der Waals surface area contributed by atoms with Crippen LogP contribution in [0.4, 0.5) is 0 Å². The molecule has 9 heteroatoms. The van der Waals surface area contributed by atoms with Gasteiger partial charge in [0.25, 0.3) is 10.0 Å². The average Bonchev–Trinajstić information content (AvgIpc) is 3.06. The summed E-state index contributed by atoms with van der Waals surface area (Å²) in [5.41, 5.74) is 5.28. The second kappa shape index (κ2) is 8.59. The molecule has 0 saturated carbocycles. The summed E-state index contributed by atoms with van der Waals surface area (Å²) in [5, 5.41) is 2.86. The summed E-state index contributed by atoms with van der Waals surface area (Å²) in [7, 11) is -3.42. The Morgan fingerprint density at radius 3 is 2.56 bits per heavy atom. The first kappa shape index (κ1) is 20.3. The van der Waals surface area contributed by atoms with Crippen LogP contribution >= 0.6 is 11.3 Å². The molecular weight excluding hydrogens is 362 g/mol. The first-order valence-corrected chi connectivity index (χ1v) is 10.8. The topological polar surface area (TPSA) is 102 Å². The van der Waals surface area contributed by atoms with Crippen LogP contribution in [0.15, 0.2) is 16.3 Å². The maximum absolute atomic E-state index is 12.5. The van der Waals surface area contributed by atoms with Crippen LogP contribution in [0, 0.1) is 0 Å². The third kappa shape index (κ3) is 4.79. The molecule has 0 bridgehead atoms. The number of hydrogen-bond acceptors (Lipinski definition) is 6. The summed E-state index contributed by atoms with van der Waals surface area (Å²) < 4.78 is 32.0. The van der Waals surface area contributed by atoms with Gasteiger partial charge >= 0.3 is 0 Å². The maximum atomic E-state index is 12.5. The zero-order valence-corrected chi connectivity index (χ0v) is 16.4. The van der Waals surface area contributed by atoms with Gasteiger partial charge in [0.2, 0.25) is 5.91 Å². The smallest absolute Gasteiger partial charge is 0.252 e. The second-order valence-corrected chi connectivity index (χ2v) is 9.42. The van der Waals surface area contributed by atoms with Gasteiger partial charge in [-0.2, -0.15) is 4.31 Å². The first-order chi connectivity index (χ1) is 11.8. The van der Waals surface area contributed by atoms with E-state index in [-0.39, 0.29) is 5.91 Å². The maximum Gasteiger partial charge on any atom is 0.252 e. The number of hydrogen-bond donors (Lipinski definition) is 2. The zero-order chi connectivity index (χ0) is 18.5. The van der Waals surface area contributed by atoms with Crippen molar-refractivity contribution >= 4 is 27.3 Å². The Bertz CT molecular complexity index is 677. The zero-order valence-electron chi connectivity index (χ0n) is 14.8. The van der Waals surface area contributed by atoms with E-state index in [0.717, 1.165) is 4.88 Å². The molecule has 1 aromatic rings. The number of nitrogens with one attached hydrogen (secondary N) is 1. The molecule has 1 aliphatic rings. The molecule has 0 atom stereocenters. The number of carbonyl (C=O) groups is 1. The van der Waals surface area contributed by atoms with E-state index < -0.39 is 15.6 Å². The van der Waals surface area contributed by atoms with Gasteiger partial charge in [0, 0.05) is 37.7 Å². The number of rotatable bonds is 8. The number of sulfonamides is 1. The lowest BCUT2D eigenvalue weighted by atomic mass is 9.90. The quantitative estimate of drug-likeness (QED) is 0.689. The third-order valence-electron chi connectivity index (χ3n) is 4.43. The molecule has 2 heterocycles. The molecule has 1 fully saturated rings. The Kier molecular flexibility index (Phi) is 6.98. The van der Waals surface area contributed by atoms with Gasteiger partial charge in [-0.3, -0.25) is 4.79 Å². The van der Waals surface area contributed by atoms with Crippen molar-refractivity contribution in [3.63, 3.8) is 0 Å². The first-order valence-electron chi connectivity index (χ1n) is 8.57. The normalized spacial score (nSPS) is 17.6. The fourth-order valence-corrected chi connectivity index (χ4v) is 5.73. The number of nitrogens with two attached hydrogens (primary N) is 1. The molecule has 0 aliphatic carbocycles. The number of ether oxygens (including phenoxy) is 1. The summed E-state index contributed by atoms with van der Waals surface area (Å²) in [6.07, 6.45) is 1.62. The summed E-state index contributed by atoms with van der Waals surface area (Å²) in [6.45, 7) is 5.98. The lowest BCUT2D eigenvalue weighted by molar-refractivity contribution is -0.129. The predicted molar refractivity (Wildman–Crippen MR) is 98.1 cm³/mol. The van der Waals surface area contributed by atoms with Gasteiger partial charge in [-0.15, -0.1) is 11.3 Å². The summed E-state index contributed by atoms with van der Waals surface area (Å²) in [4.78, 5) is 13.2. The van der Waals surface area contributed by atoms with Crippen LogP contribution in [-0.4, -0.2) is 57.0 Å². The van der Waals surface area contributed by atoms with Crippen molar-refractivity contribution in [1.29, 1.82) is 0 Å². The number of amides is 1. The van der Waals surface area contributed by atoms with Gasteiger partial charge in [0.05, 0.1) is 5.54 Å². The average molecular weight is 390 g/mol. The largest absolute Gasteiger partial charge is 0.381 e. The van der Waals surface area contributed by atoms with E-state index in [9.17, 15) is 13.2 Å². The van der Waals surface area contributed by atoms with Crippen molar-refractivity contribution in [3.8, 4) is 0 Å². The predicted octanol–water partition coefficient (Wildman–Crippen LogP) is 0.945. The van der Waals surface area contributed by atoms with Gasteiger partial charge in [-0.25, -0.2) is 8.42 Å². The Morgan fingerprint density at radius 2 is 1.96 bits per heavy atom. The van der Waals surface area contributed by atoms with Crippen LogP contribution in [0.5, 0.6) is 0 Å². The second-order valence-electron chi connectivity index (χ2n) is 6.08. The fourth-order valence-electron chi connectivity index (χ4n) is 2.76. The van der Waals surface area contributed by atoms with E-state index in [1.54, 1.807) is 12.1 Å². The van der Waals surface area contributed by atoms with E-state index in [4.69, 9.17) is 10.5 Å². The van der Waals surface area contributed by atoms with E-state index in [2.05, 4.69) is 5.32 Å². The van der Waals surface area contributed by atoms with Crippen LogP contribution in [-0.2, 0) is 26.0 Å². The van der Waals surface area contributed by atoms with Gasteiger partial charge in [-0.05, 0) is 31.4 Å². The highest BCUT2D eigenvalue weighted by molar-refractivity contribution is 7.91. The van der Waals surface area contributed by atoms with Crippen molar-refractivity contribution in [3.05, 3.63) is 17.0 Å². The molecule has 7 nitrogen and oxygen atoms in total. The Balaban J connectivity index is 1.90. The van der Waals surface area contributed by atoms with Crippen molar-refractivity contribution in [2.75, 3.05) is 32.8 Å². The molecule has 142 valence electrons. The molecule has 1 amide bonds. The monoisotopic (exact) mass is 389 g/mol. The number of thiophene rings is 1. The Morgan fingerprint density at radius 1 is 1.32 bits per heavy atom. The molecule has 25 heavy (non-hydrogen) atoms. The minimum atomic E-state index is -3.42. The van der Waals surface area contributed by atoms with Crippen molar-refractivity contribution < 1.29 is 17.9 Å². The van der Waals surface area contributed by atoms with Gasteiger partial charge < -0.3 is 15.8 Å². The van der Waals surface area contributed by atoms with Crippen LogP contribution < -0.4 is 11.1 Å². The third-order valence-corrected chi connectivity index (χ3v) is 8.09. The lowest BCUT2D eigenvalue weighted by Gasteiger charge is -2.31. The van der Waals surface area contributed by atoms with Crippen LogP contribution in [0.1, 0.15) is 31.6 Å². The Labute approximate surface area is 153 Å². The minimum absolute atomic E-state index is 0.164.